The lowest BCUT2D eigenvalue weighted by atomic mass is 10.1. The molecule has 0 aliphatic carbocycles. The highest BCUT2D eigenvalue weighted by atomic mass is 16.5. The summed E-state index contributed by atoms with van der Waals surface area (Å²) in [6, 6.07) is 0. The van der Waals surface area contributed by atoms with Crippen molar-refractivity contribution in [1.82, 2.24) is 0 Å². The van der Waals surface area contributed by atoms with Crippen LogP contribution in [0, 0.1) is 0 Å². The third kappa shape index (κ3) is 6.66. The third-order valence-electron chi connectivity index (χ3n) is 1.90. The molecule has 3 nitrogen and oxygen atoms in total. The van der Waals surface area contributed by atoms with Crippen molar-refractivity contribution in [1.29, 1.82) is 0 Å². The highest BCUT2D eigenvalue weighted by molar-refractivity contribution is 5.86. The maximum absolute atomic E-state index is 10.9. The van der Waals surface area contributed by atoms with E-state index < -0.39 is 12.1 Å². The topological polar surface area (TPSA) is 46.5 Å². The van der Waals surface area contributed by atoms with Crippen molar-refractivity contribution in [2.75, 3.05) is 6.61 Å². The van der Waals surface area contributed by atoms with Gasteiger partial charge >= 0.3 is 5.97 Å². The van der Waals surface area contributed by atoms with Crippen molar-refractivity contribution >= 4 is 5.97 Å². The highest BCUT2D eigenvalue weighted by Crippen LogP contribution is 2.04. The maximum Gasteiger partial charge on any atom is 0.333 e. The number of hydrogen-bond acceptors (Lipinski definition) is 3. The van der Waals surface area contributed by atoms with E-state index in [1.807, 2.05) is 0 Å². The quantitative estimate of drug-likeness (QED) is 0.388. The Balaban J connectivity index is 3.48. The third-order valence-corrected chi connectivity index (χ3v) is 1.90. The minimum absolute atomic E-state index is 0.0788. The molecule has 0 heterocycles. The molecule has 0 fully saturated rings. The largest absolute Gasteiger partial charge is 0.460 e. The first kappa shape index (κ1) is 13.2. The van der Waals surface area contributed by atoms with Gasteiger partial charge in [0, 0.05) is 5.57 Å². The van der Waals surface area contributed by atoms with Crippen LogP contribution in [0.4, 0.5) is 0 Å². The van der Waals surface area contributed by atoms with Crippen molar-refractivity contribution < 1.29 is 14.6 Å². The standard InChI is InChI=1S/C11H20O3/c1-4-5-6-7-10(12)8-14-11(13)9(2)3/h10,12H,2,4-8H2,1,3H3. The molecule has 0 saturated heterocycles. The number of carbonyl (C=O) groups is 1. The van der Waals surface area contributed by atoms with Crippen LogP contribution in [-0.4, -0.2) is 23.8 Å². The van der Waals surface area contributed by atoms with Gasteiger partial charge in [0.1, 0.15) is 6.61 Å². The second-order valence-electron chi connectivity index (χ2n) is 3.53. The van der Waals surface area contributed by atoms with Crippen LogP contribution in [0.5, 0.6) is 0 Å². The fourth-order valence-corrected chi connectivity index (χ4v) is 1.01. The average Bonchev–Trinajstić information content (AvgIpc) is 2.14. The average molecular weight is 200 g/mol. The van der Waals surface area contributed by atoms with Crippen LogP contribution < -0.4 is 0 Å². The molecule has 0 amide bonds. The van der Waals surface area contributed by atoms with Crippen molar-refractivity contribution in [3.63, 3.8) is 0 Å². The lowest BCUT2D eigenvalue weighted by Gasteiger charge is -2.10. The molecule has 0 aromatic heterocycles. The Morgan fingerprint density at radius 3 is 2.64 bits per heavy atom. The number of aliphatic hydroxyl groups is 1. The Morgan fingerprint density at radius 1 is 1.50 bits per heavy atom. The molecular weight excluding hydrogens is 180 g/mol. The molecule has 0 rings (SSSR count). The Bertz CT molecular complexity index is 187. The van der Waals surface area contributed by atoms with Gasteiger partial charge in [-0.3, -0.25) is 0 Å². The van der Waals surface area contributed by atoms with E-state index in [4.69, 9.17) is 4.74 Å². The maximum atomic E-state index is 10.9. The van der Waals surface area contributed by atoms with Crippen molar-refractivity contribution in [2.45, 2.75) is 45.6 Å². The summed E-state index contributed by atoms with van der Waals surface area (Å²) in [6.07, 6.45) is 3.36. The zero-order chi connectivity index (χ0) is 11.0. The fraction of sp³-hybridized carbons (Fsp3) is 0.727. The van der Waals surface area contributed by atoms with E-state index in [2.05, 4.69) is 13.5 Å². The normalized spacial score (nSPS) is 12.2. The molecule has 0 aromatic carbocycles. The summed E-state index contributed by atoms with van der Waals surface area (Å²) in [7, 11) is 0. The predicted molar refractivity (Wildman–Crippen MR) is 55.9 cm³/mol. The van der Waals surface area contributed by atoms with Gasteiger partial charge in [0.25, 0.3) is 0 Å². The van der Waals surface area contributed by atoms with Gasteiger partial charge in [-0.1, -0.05) is 32.8 Å². The van der Waals surface area contributed by atoms with Gasteiger partial charge in [-0.2, -0.15) is 0 Å². The Kier molecular flexibility index (Phi) is 7.11. The van der Waals surface area contributed by atoms with Gasteiger partial charge in [-0.15, -0.1) is 0 Å². The van der Waals surface area contributed by atoms with Crippen LogP contribution in [0.3, 0.4) is 0 Å². The van der Waals surface area contributed by atoms with Gasteiger partial charge < -0.3 is 9.84 Å². The Hall–Kier alpha value is -0.830. The second kappa shape index (κ2) is 7.56. The molecular formula is C11H20O3. The van der Waals surface area contributed by atoms with Gasteiger partial charge in [0.2, 0.25) is 0 Å². The first-order valence-electron chi connectivity index (χ1n) is 5.08. The Morgan fingerprint density at radius 2 is 2.14 bits per heavy atom. The fourth-order valence-electron chi connectivity index (χ4n) is 1.01. The summed E-state index contributed by atoms with van der Waals surface area (Å²) in [6.45, 7) is 7.22. The number of ether oxygens (including phenoxy) is 1. The molecule has 82 valence electrons. The molecule has 1 atom stereocenters. The molecule has 0 aliphatic rings. The molecule has 0 aromatic rings. The van der Waals surface area contributed by atoms with Crippen molar-refractivity contribution in [2.24, 2.45) is 0 Å². The van der Waals surface area contributed by atoms with Crippen LogP contribution in [0.25, 0.3) is 0 Å². The lowest BCUT2D eigenvalue weighted by molar-refractivity contribution is -0.142. The molecule has 1 unspecified atom stereocenters. The summed E-state index contributed by atoms with van der Waals surface area (Å²) in [5.41, 5.74) is 0.366. The van der Waals surface area contributed by atoms with Crippen molar-refractivity contribution in [3.05, 3.63) is 12.2 Å². The molecule has 0 aliphatic heterocycles. The highest BCUT2D eigenvalue weighted by Gasteiger charge is 2.08. The number of rotatable bonds is 7. The zero-order valence-electron chi connectivity index (χ0n) is 9.08. The summed E-state index contributed by atoms with van der Waals surface area (Å²) in [5.74, 6) is -0.431. The summed E-state index contributed by atoms with van der Waals surface area (Å²) in [4.78, 5) is 10.9. The summed E-state index contributed by atoms with van der Waals surface area (Å²) < 4.78 is 4.81. The van der Waals surface area contributed by atoms with Crippen LogP contribution in [0.15, 0.2) is 12.2 Å². The molecule has 0 bridgehead atoms. The van der Waals surface area contributed by atoms with E-state index in [1.165, 1.54) is 0 Å². The summed E-state index contributed by atoms with van der Waals surface area (Å²) >= 11 is 0. The number of carbonyl (C=O) groups excluding carboxylic acids is 1. The minimum Gasteiger partial charge on any atom is -0.460 e. The van der Waals surface area contributed by atoms with Crippen molar-refractivity contribution in [3.8, 4) is 0 Å². The van der Waals surface area contributed by atoms with E-state index in [0.29, 0.717) is 12.0 Å². The number of esters is 1. The molecule has 3 heteroatoms. The second-order valence-corrected chi connectivity index (χ2v) is 3.53. The first-order valence-corrected chi connectivity index (χ1v) is 5.08. The molecule has 0 spiro atoms. The predicted octanol–water partition coefficient (Wildman–Crippen LogP) is 2.05. The van der Waals surface area contributed by atoms with E-state index >= 15 is 0 Å². The molecule has 0 radical (unpaired) electrons. The van der Waals surface area contributed by atoms with Gasteiger partial charge in [0.15, 0.2) is 0 Å². The van der Waals surface area contributed by atoms with Gasteiger partial charge in [0.05, 0.1) is 6.10 Å². The number of aliphatic hydroxyl groups excluding tert-OH is 1. The lowest BCUT2D eigenvalue weighted by Crippen LogP contribution is -2.18. The molecule has 0 saturated carbocycles. The smallest absolute Gasteiger partial charge is 0.333 e. The van der Waals surface area contributed by atoms with Gasteiger partial charge in [-0.25, -0.2) is 4.79 Å². The van der Waals surface area contributed by atoms with Crippen LogP contribution in [0.2, 0.25) is 0 Å². The zero-order valence-corrected chi connectivity index (χ0v) is 9.08. The SMILES string of the molecule is C=C(C)C(=O)OCC(O)CCCCC. The molecule has 1 N–H and O–H groups in total. The first-order chi connectivity index (χ1) is 6.57. The van der Waals surface area contributed by atoms with E-state index in [-0.39, 0.29) is 6.61 Å². The van der Waals surface area contributed by atoms with E-state index in [0.717, 1.165) is 19.3 Å². The van der Waals surface area contributed by atoms with E-state index in [1.54, 1.807) is 6.92 Å². The number of unbranched alkanes of at least 4 members (excludes halogenated alkanes) is 2. The number of hydrogen-bond donors (Lipinski definition) is 1. The van der Waals surface area contributed by atoms with Crippen LogP contribution in [-0.2, 0) is 9.53 Å². The van der Waals surface area contributed by atoms with Crippen LogP contribution >= 0.6 is 0 Å². The monoisotopic (exact) mass is 200 g/mol. The van der Waals surface area contributed by atoms with Crippen LogP contribution in [0.1, 0.15) is 39.5 Å². The van der Waals surface area contributed by atoms with Gasteiger partial charge in [-0.05, 0) is 13.3 Å². The minimum atomic E-state index is -0.537. The summed E-state index contributed by atoms with van der Waals surface area (Å²) in [5, 5.41) is 9.40. The van der Waals surface area contributed by atoms with E-state index in [9.17, 15) is 9.90 Å². The molecule has 14 heavy (non-hydrogen) atoms. The Labute approximate surface area is 85.8 Å².